The number of rotatable bonds is 8. The van der Waals surface area contributed by atoms with Crippen LogP contribution in [0.2, 0.25) is 10.0 Å². The van der Waals surface area contributed by atoms with Crippen molar-refractivity contribution in [1.82, 2.24) is 15.2 Å². The Kier molecular flexibility index (Phi) is 7.48. The summed E-state index contributed by atoms with van der Waals surface area (Å²) in [5.74, 6) is 0.573. The second-order valence-electron chi connectivity index (χ2n) is 7.08. The summed E-state index contributed by atoms with van der Waals surface area (Å²) in [6.07, 6.45) is 2.18. The third-order valence-corrected chi connectivity index (χ3v) is 5.23. The van der Waals surface area contributed by atoms with Crippen molar-refractivity contribution >= 4 is 29.1 Å². The maximum absolute atomic E-state index is 13.2. The molecule has 1 amide bonds. The summed E-state index contributed by atoms with van der Waals surface area (Å²) in [6, 6.07) is 11.3. The summed E-state index contributed by atoms with van der Waals surface area (Å²) < 4.78 is 18.9. The lowest BCUT2D eigenvalue weighted by molar-refractivity contribution is -0.121. The van der Waals surface area contributed by atoms with Gasteiger partial charge in [0.25, 0.3) is 0 Å². The normalized spacial score (nSPS) is 12.2. The van der Waals surface area contributed by atoms with E-state index in [-0.39, 0.29) is 24.2 Å². The number of benzene rings is 2. The Morgan fingerprint density at radius 3 is 2.60 bits per heavy atom. The third-order valence-electron chi connectivity index (χ3n) is 4.69. The predicted octanol–water partition coefficient (Wildman–Crippen LogP) is 5.14. The van der Waals surface area contributed by atoms with Gasteiger partial charge in [-0.05, 0) is 50.0 Å². The number of aromatic nitrogens is 1. The Labute approximate surface area is 184 Å². The first-order valence-electron chi connectivity index (χ1n) is 9.42. The lowest BCUT2D eigenvalue weighted by atomic mass is 10.1. The molecule has 5 nitrogen and oxygen atoms in total. The molecule has 8 heteroatoms. The van der Waals surface area contributed by atoms with Gasteiger partial charge in [0.15, 0.2) is 11.7 Å². The number of likely N-dealkylation sites (N-methyl/N-ethyl adjacent to an activating group) is 1. The predicted molar refractivity (Wildman–Crippen MR) is 116 cm³/mol. The van der Waals surface area contributed by atoms with Gasteiger partial charge in [-0.2, -0.15) is 0 Å². The van der Waals surface area contributed by atoms with Gasteiger partial charge in [-0.3, -0.25) is 4.79 Å². The Hall–Kier alpha value is -2.41. The highest BCUT2D eigenvalue weighted by Gasteiger charge is 2.16. The van der Waals surface area contributed by atoms with E-state index in [0.29, 0.717) is 40.2 Å². The SMILES string of the molecule is CN(C)C(CNC(=O)CCc1ncc(-c2ccc(Cl)cc2Cl)o1)c1ccc(F)cc1. The molecule has 0 saturated heterocycles. The molecule has 0 bridgehead atoms. The molecule has 1 heterocycles. The fraction of sp³-hybridized carbons (Fsp3) is 0.273. The van der Waals surface area contributed by atoms with Crippen LogP contribution in [0.4, 0.5) is 4.39 Å². The van der Waals surface area contributed by atoms with Crippen molar-refractivity contribution in [2.75, 3.05) is 20.6 Å². The van der Waals surface area contributed by atoms with Crippen molar-refractivity contribution in [1.29, 1.82) is 0 Å². The van der Waals surface area contributed by atoms with Crippen molar-refractivity contribution in [3.05, 3.63) is 76.0 Å². The van der Waals surface area contributed by atoms with E-state index in [1.807, 2.05) is 19.0 Å². The van der Waals surface area contributed by atoms with Gasteiger partial charge in [0, 0.05) is 30.0 Å². The van der Waals surface area contributed by atoms with Gasteiger partial charge in [-0.25, -0.2) is 9.37 Å². The zero-order chi connectivity index (χ0) is 21.7. The minimum absolute atomic E-state index is 0.0602. The number of hydrogen-bond donors (Lipinski definition) is 1. The Balaban J connectivity index is 1.54. The molecule has 3 rings (SSSR count). The van der Waals surface area contributed by atoms with Crippen LogP contribution in [-0.2, 0) is 11.2 Å². The van der Waals surface area contributed by atoms with Crippen LogP contribution in [0, 0.1) is 5.82 Å². The minimum atomic E-state index is -0.287. The molecule has 0 spiro atoms. The molecule has 0 radical (unpaired) electrons. The zero-order valence-corrected chi connectivity index (χ0v) is 18.2. The molecular formula is C22H22Cl2FN3O2. The molecule has 3 aromatic rings. The second-order valence-corrected chi connectivity index (χ2v) is 7.92. The molecule has 1 unspecified atom stereocenters. The van der Waals surface area contributed by atoms with E-state index in [1.165, 1.54) is 12.1 Å². The van der Waals surface area contributed by atoms with Gasteiger partial charge in [0.1, 0.15) is 5.82 Å². The molecule has 0 saturated carbocycles. The first-order chi connectivity index (χ1) is 14.3. The quantitative estimate of drug-likeness (QED) is 0.517. The van der Waals surface area contributed by atoms with Crippen LogP contribution in [0.5, 0.6) is 0 Å². The summed E-state index contributed by atoms with van der Waals surface area (Å²) in [4.78, 5) is 18.5. The van der Waals surface area contributed by atoms with Crippen molar-refractivity contribution in [3.63, 3.8) is 0 Å². The first kappa shape index (κ1) is 22.3. The molecule has 1 aromatic heterocycles. The number of halogens is 3. The van der Waals surface area contributed by atoms with Crippen LogP contribution in [0.3, 0.4) is 0 Å². The highest BCUT2D eigenvalue weighted by atomic mass is 35.5. The number of carbonyl (C=O) groups excluding carboxylic acids is 1. The number of nitrogens with one attached hydrogen (secondary N) is 1. The van der Waals surface area contributed by atoms with E-state index in [0.717, 1.165) is 5.56 Å². The average Bonchev–Trinajstić information content (AvgIpc) is 3.16. The molecule has 0 aliphatic heterocycles. The summed E-state index contributed by atoms with van der Waals surface area (Å²) in [7, 11) is 3.83. The Morgan fingerprint density at radius 2 is 1.93 bits per heavy atom. The highest BCUT2D eigenvalue weighted by Crippen LogP contribution is 2.30. The molecule has 1 atom stereocenters. The van der Waals surface area contributed by atoms with Crippen molar-refractivity contribution in [2.24, 2.45) is 0 Å². The van der Waals surface area contributed by atoms with Crippen LogP contribution in [0.25, 0.3) is 11.3 Å². The second kappa shape index (κ2) is 10.1. The molecule has 30 heavy (non-hydrogen) atoms. The van der Waals surface area contributed by atoms with Crippen LogP contribution >= 0.6 is 23.2 Å². The lowest BCUT2D eigenvalue weighted by Crippen LogP contribution is -2.34. The van der Waals surface area contributed by atoms with Crippen LogP contribution in [0.1, 0.15) is 23.9 Å². The number of nitrogens with zero attached hydrogens (tertiary/aromatic N) is 2. The maximum atomic E-state index is 13.2. The van der Waals surface area contributed by atoms with Crippen molar-refractivity contribution in [2.45, 2.75) is 18.9 Å². The summed E-state index contributed by atoms with van der Waals surface area (Å²) in [6.45, 7) is 0.411. The molecule has 0 aliphatic rings. The maximum Gasteiger partial charge on any atom is 0.220 e. The smallest absolute Gasteiger partial charge is 0.220 e. The van der Waals surface area contributed by atoms with Gasteiger partial charge in [0.2, 0.25) is 5.91 Å². The molecule has 158 valence electrons. The number of carbonyl (C=O) groups is 1. The van der Waals surface area contributed by atoms with E-state index in [9.17, 15) is 9.18 Å². The first-order valence-corrected chi connectivity index (χ1v) is 10.2. The van der Waals surface area contributed by atoms with Crippen molar-refractivity contribution in [3.8, 4) is 11.3 Å². The van der Waals surface area contributed by atoms with Gasteiger partial charge >= 0.3 is 0 Å². The summed E-state index contributed by atoms with van der Waals surface area (Å²) >= 11 is 12.1. The van der Waals surface area contributed by atoms with Gasteiger partial charge < -0.3 is 14.6 Å². The monoisotopic (exact) mass is 449 g/mol. The van der Waals surface area contributed by atoms with E-state index < -0.39 is 0 Å². The van der Waals surface area contributed by atoms with Gasteiger partial charge in [-0.15, -0.1) is 0 Å². The standard InChI is InChI=1S/C22H22Cl2FN3O2/c1-28(2)19(14-3-6-16(25)7-4-14)12-26-21(29)9-10-22-27-13-20(30-22)17-8-5-15(23)11-18(17)24/h3-8,11,13,19H,9-10,12H2,1-2H3,(H,26,29). The largest absolute Gasteiger partial charge is 0.441 e. The number of aryl methyl sites for hydroxylation is 1. The number of amides is 1. The average molecular weight is 450 g/mol. The van der Waals surface area contributed by atoms with E-state index in [2.05, 4.69) is 10.3 Å². The topological polar surface area (TPSA) is 58.4 Å². The van der Waals surface area contributed by atoms with Crippen molar-refractivity contribution < 1.29 is 13.6 Å². The summed E-state index contributed by atoms with van der Waals surface area (Å²) in [5, 5.41) is 3.93. The zero-order valence-electron chi connectivity index (χ0n) is 16.7. The molecule has 0 aliphatic carbocycles. The molecular weight excluding hydrogens is 428 g/mol. The van der Waals surface area contributed by atoms with E-state index >= 15 is 0 Å². The third kappa shape index (κ3) is 5.81. The number of oxazole rings is 1. The fourth-order valence-corrected chi connectivity index (χ4v) is 3.54. The molecule has 2 aromatic carbocycles. The van der Waals surface area contributed by atoms with Gasteiger partial charge in [-0.1, -0.05) is 35.3 Å². The Bertz CT molecular complexity index is 1010. The highest BCUT2D eigenvalue weighted by molar-refractivity contribution is 6.36. The molecule has 0 fully saturated rings. The fourth-order valence-electron chi connectivity index (χ4n) is 3.04. The van der Waals surface area contributed by atoms with Crippen LogP contribution < -0.4 is 5.32 Å². The Morgan fingerprint density at radius 1 is 1.20 bits per heavy atom. The molecule has 1 N–H and O–H groups in total. The van der Waals surface area contributed by atoms with E-state index in [1.54, 1.807) is 36.5 Å². The number of hydrogen-bond acceptors (Lipinski definition) is 4. The van der Waals surface area contributed by atoms with Crippen LogP contribution in [-0.4, -0.2) is 36.4 Å². The lowest BCUT2D eigenvalue weighted by Gasteiger charge is -2.25. The minimum Gasteiger partial charge on any atom is -0.441 e. The van der Waals surface area contributed by atoms with Crippen LogP contribution in [0.15, 0.2) is 53.1 Å². The van der Waals surface area contributed by atoms with E-state index in [4.69, 9.17) is 27.6 Å². The van der Waals surface area contributed by atoms with Gasteiger partial charge in [0.05, 0.1) is 17.3 Å². The summed E-state index contributed by atoms with van der Waals surface area (Å²) in [5.41, 5.74) is 1.62.